The Hall–Kier alpha value is -3.87. The Morgan fingerprint density at radius 1 is 0.909 bits per heavy atom. The highest BCUT2D eigenvalue weighted by Gasteiger charge is 2.37. The fraction of sp³-hybridized carbons (Fsp3) is 0.269. The molecule has 1 N–H and O–H groups in total. The van der Waals surface area contributed by atoms with Gasteiger partial charge < -0.3 is 19.5 Å². The molecular formula is C26H25N3O4. The van der Waals surface area contributed by atoms with Crippen LogP contribution < -0.4 is 15.6 Å². The van der Waals surface area contributed by atoms with E-state index >= 15 is 0 Å². The number of nitrogens with one attached hydrogen (secondary N) is 1. The van der Waals surface area contributed by atoms with Crippen LogP contribution in [0.5, 0.6) is 5.75 Å². The molecule has 0 radical (unpaired) electrons. The van der Waals surface area contributed by atoms with E-state index < -0.39 is 0 Å². The number of rotatable bonds is 4. The van der Waals surface area contributed by atoms with E-state index in [0.29, 0.717) is 36.5 Å². The van der Waals surface area contributed by atoms with Gasteiger partial charge in [-0.25, -0.2) is 0 Å². The molecule has 7 heteroatoms. The Labute approximate surface area is 191 Å². The highest BCUT2D eigenvalue weighted by Crippen LogP contribution is 2.36. The molecule has 3 heterocycles. The van der Waals surface area contributed by atoms with E-state index in [1.165, 1.54) is 0 Å². The van der Waals surface area contributed by atoms with Crippen molar-refractivity contribution in [3.05, 3.63) is 93.9 Å². The highest BCUT2D eigenvalue weighted by atomic mass is 16.5. The van der Waals surface area contributed by atoms with Crippen molar-refractivity contribution in [3.63, 3.8) is 0 Å². The van der Waals surface area contributed by atoms with Crippen LogP contribution in [0, 0.1) is 5.92 Å². The van der Waals surface area contributed by atoms with Crippen molar-refractivity contribution in [1.82, 2.24) is 9.47 Å². The van der Waals surface area contributed by atoms with Crippen molar-refractivity contribution < 1.29 is 14.3 Å². The molecule has 0 spiro atoms. The van der Waals surface area contributed by atoms with Crippen LogP contribution in [0.4, 0.5) is 5.69 Å². The molecule has 1 fully saturated rings. The molecule has 2 amide bonds. The summed E-state index contributed by atoms with van der Waals surface area (Å²) in [6.45, 7) is 1.70. The number of carbonyl (C=O) groups is 2. The number of likely N-dealkylation sites (tertiary alicyclic amines) is 1. The van der Waals surface area contributed by atoms with Gasteiger partial charge in [0.2, 0.25) is 0 Å². The number of anilines is 1. The van der Waals surface area contributed by atoms with Crippen LogP contribution in [-0.4, -0.2) is 41.5 Å². The summed E-state index contributed by atoms with van der Waals surface area (Å²) in [4.78, 5) is 40.7. The monoisotopic (exact) mass is 443 g/mol. The molecule has 1 saturated heterocycles. The second-order valence-electron chi connectivity index (χ2n) is 8.65. The SMILES string of the molecule is COc1ccc(C(=O)N2C[C@H]3C[C@H](C2)c2ccc(NC(=O)c4ccccc4)c(=O)n2C3)cc1. The van der Waals surface area contributed by atoms with Gasteiger partial charge in [-0.1, -0.05) is 18.2 Å². The fourth-order valence-corrected chi connectivity index (χ4v) is 4.91. The van der Waals surface area contributed by atoms with Crippen molar-refractivity contribution in [2.75, 3.05) is 25.5 Å². The molecule has 2 atom stereocenters. The molecule has 33 heavy (non-hydrogen) atoms. The Morgan fingerprint density at radius 3 is 2.39 bits per heavy atom. The first-order chi connectivity index (χ1) is 16.0. The number of amides is 2. The number of pyridine rings is 1. The number of methoxy groups -OCH3 is 1. The molecule has 2 bridgehead atoms. The molecule has 2 aliphatic heterocycles. The zero-order valence-electron chi connectivity index (χ0n) is 18.4. The Balaban J connectivity index is 1.36. The van der Waals surface area contributed by atoms with Crippen LogP contribution in [-0.2, 0) is 6.54 Å². The maximum atomic E-state index is 13.2. The lowest BCUT2D eigenvalue weighted by atomic mass is 9.83. The summed E-state index contributed by atoms with van der Waals surface area (Å²) in [5, 5.41) is 2.75. The van der Waals surface area contributed by atoms with Crippen molar-refractivity contribution in [2.24, 2.45) is 5.92 Å². The molecule has 168 valence electrons. The minimum Gasteiger partial charge on any atom is -0.497 e. The van der Waals surface area contributed by atoms with Gasteiger partial charge in [0.05, 0.1) is 7.11 Å². The lowest BCUT2D eigenvalue weighted by Crippen LogP contribution is -2.49. The van der Waals surface area contributed by atoms with Gasteiger partial charge in [-0.3, -0.25) is 14.4 Å². The third-order valence-electron chi connectivity index (χ3n) is 6.51. The number of ether oxygens (including phenoxy) is 1. The first-order valence-corrected chi connectivity index (χ1v) is 11.1. The van der Waals surface area contributed by atoms with Crippen molar-refractivity contribution >= 4 is 17.5 Å². The van der Waals surface area contributed by atoms with Crippen molar-refractivity contribution in [2.45, 2.75) is 18.9 Å². The normalized spacial score (nSPS) is 18.9. The first-order valence-electron chi connectivity index (χ1n) is 11.1. The first kappa shape index (κ1) is 21.0. The molecular weight excluding hydrogens is 418 g/mol. The van der Waals surface area contributed by atoms with E-state index in [2.05, 4.69) is 5.32 Å². The molecule has 7 nitrogen and oxygen atoms in total. The molecule has 2 aromatic carbocycles. The molecule has 5 rings (SSSR count). The van der Waals surface area contributed by atoms with E-state index in [0.717, 1.165) is 12.1 Å². The highest BCUT2D eigenvalue weighted by molar-refractivity contribution is 6.04. The van der Waals surface area contributed by atoms with E-state index in [9.17, 15) is 14.4 Å². The van der Waals surface area contributed by atoms with Gasteiger partial charge in [0.15, 0.2) is 0 Å². The Bertz CT molecular complexity index is 1250. The van der Waals surface area contributed by atoms with Crippen molar-refractivity contribution in [1.29, 1.82) is 0 Å². The second kappa shape index (κ2) is 8.58. The Kier molecular flexibility index (Phi) is 5.46. The number of hydrogen-bond donors (Lipinski definition) is 1. The van der Waals surface area contributed by atoms with Gasteiger partial charge in [0, 0.05) is 42.4 Å². The summed E-state index contributed by atoms with van der Waals surface area (Å²) in [5.41, 5.74) is 2.14. The summed E-state index contributed by atoms with van der Waals surface area (Å²) in [6.07, 6.45) is 0.946. The number of hydrogen-bond acceptors (Lipinski definition) is 4. The van der Waals surface area contributed by atoms with Crippen molar-refractivity contribution in [3.8, 4) is 5.75 Å². The zero-order valence-corrected chi connectivity index (χ0v) is 18.4. The number of piperidine rings is 1. The van der Waals surface area contributed by atoms with Crippen LogP contribution in [0.15, 0.2) is 71.5 Å². The minimum atomic E-state index is -0.305. The molecule has 1 aromatic heterocycles. The fourth-order valence-electron chi connectivity index (χ4n) is 4.91. The summed E-state index contributed by atoms with van der Waals surface area (Å²) < 4.78 is 6.95. The molecule has 2 aliphatic rings. The van der Waals surface area contributed by atoms with Gasteiger partial charge in [-0.05, 0) is 60.9 Å². The zero-order chi connectivity index (χ0) is 22.9. The maximum absolute atomic E-state index is 13.2. The van der Waals surface area contributed by atoms with Crippen LogP contribution in [0.2, 0.25) is 0 Å². The summed E-state index contributed by atoms with van der Waals surface area (Å²) in [6, 6.07) is 19.6. The number of aromatic nitrogens is 1. The van der Waals surface area contributed by atoms with Crippen LogP contribution in [0.3, 0.4) is 0 Å². The predicted octanol–water partition coefficient (Wildman–Crippen LogP) is 3.37. The largest absolute Gasteiger partial charge is 0.497 e. The van der Waals surface area contributed by atoms with E-state index in [-0.39, 0.29) is 34.9 Å². The molecule has 0 saturated carbocycles. The number of carbonyl (C=O) groups excluding carboxylic acids is 2. The average molecular weight is 444 g/mol. The predicted molar refractivity (Wildman–Crippen MR) is 125 cm³/mol. The lowest BCUT2D eigenvalue weighted by Gasteiger charge is -2.43. The van der Waals surface area contributed by atoms with Crippen LogP contribution >= 0.6 is 0 Å². The van der Waals surface area contributed by atoms with Gasteiger partial charge in [0.25, 0.3) is 17.4 Å². The van der Waals surface area contributed by atoms with E-state index in [1.807, 2.05) is 17.0 Å². The van der Waals surface area contributed by atoms with Crippen LogP contribution in [0.25, 0.3) is 0 Å². The van der Waals surface area contributed by atoms with Gasteiger partial charge in [0.1, 0.15) is 11.4 Å². The Morgan fingerprint density at radius 2 is 1.67 bits per heavy atom. The second-order valence-corrected chi connectivity index (χ2v) is 8.65. The third kappa shape index (κ3) is 4.02. The topological polar surface area (TPSA) is 80.6 Å². The number of benzene rings is 2. The number of fused-ring (bicyclic) bond motifs is 4. The van der Waals surface area contributed by atoms with E-state index in [1.54, 1.807) is 66.3 Å². The van der Waals surface area contributed by atoms with E-state index in [4.69, 9.17) is 4.74 Å². The minimum absolute atomic E-state index is 0.00473. The molecule has 0 unspecified atom stereocenters. The summed E-state index contributed by atoms with van der Waals surface area (Å²) in [5.74, 6) is 0.684. The van der Waals surface area contributed by atoms with Gasteiger partial charge >= 0.3 is 0 Å². The van der Waals surface area contributed by atoms with Gasteiger partial charge in [-0.15, -0.1) is 0 Å². The average Bonchev–Trinajstić information content (AvgIpc) is 2.86. The molecule has 0 aliphatic carbocycles. The lowest BCUT2D eigenvalue weighted by molar-refractivity contribution is 0.0594. The standard InChI is InChI=1S/C26H25N3O4/c1-33-21-9-7-19(8-10-21)25(31)28-14-17-13-20(16-28)23-12-11-22(26(32)29(23)15-17)27-24(30)18-5-3-2-4-6-18/h2-12,17,20H,13-16H2,1H3,(H,27,30)/t17-,20-/m1/s1. The molecule has 3 aromatic rings. The summed E-state index contributed by atoms with van der Waals surface area (Å²) >= 11 is 0. The van der Waals surface area contributed by atoms with Crippen LogP contribution in [0.1, 0.15) is 38.7 Å². The van der Waals surface area contributed by atoms with Gasteiger partial charge in [-0.2, -0.15) is 0 Å². The third-order valence-corrected chi connectivity index (χ3v) is 6.51. The number of nitrogens with zero attached hydrogens (tertiary/aromatic N) is 2. The maximum Gasteiger partial charge on any atom is 0.274 e. The smallest absolute Gasteiger partial charge is 0.274 e. The summed E-state index contributed by atoms with van der Waals surface area (Å²) in [7, 11) is 1.60. The quantitative estimate of drug-likeness (QED) is 0.671.